The number of nitrogens with zero attached hydrogens (tertiary/aromatic N) is 3. The first kappa shape index (κ1) is 16.5. The first-order chi connectivity index (χ1) is 12.8. The molecule has 0 saturated heterocycles. The molecule has 0 saturated carbocycles. The molecule has 0 radical (unpaired) electrons. The number of aromatic nitrogens is 3. The fourth-order valence-corrected chi connectivity index (χ4v) is 3.73. The average molecular weight is 362 g/mol. The van der Waals surface area contributed by atoms with Crippen molar-refractivity contribution in [2.45, 2.75) is 13.0 Å². The second-order valence-electron chi connectivity index (χ2n) is 6.01. The summed E-state index contributed by atoms with van der Waals surface area (Å²) in [5.74, 6) is -0.0553. The van der Waals surface area contributed by atoms with Gasteiger partial charge in [-0.25, -0.2) is 9.97 Å². The van der Waals surface area contributed by atoms with Crippen molar-refractivity contribution < 1.29 is 4.79 Å². The molecule has 1 N–H and O–H groups in total. The first-order valence-electron chi connectivity index (χ1n) is 8.45. The van der Waals surface area contributed by atoms with Crippen LogP contribution < -0.4 is 5.32 Å². The molecule has 4 aromatic rings. The zero-order chi connectivity index (χ0) is 17.8. The quantitative estimate of drug-likeness (QED) is 0.571. The van der Waals surface area contributed by atoms with Crippen molar-refractivity contribution in [2.75, 3.05) is 6.54 Å². The molecule has 0 bridgehead atoms. The van der Waals surface area contributed by atoms with Crippen molar-refractivity contribution in [3.05, 3.63) is 83.4 Å². The van der Waals surface area contributed by atoms with Gasteiger partial charge in [0.1, 0.15) is 0 Å². The van der Waals surface area contributed by atoms with Crippen LogP contribution in [0.1, 0.15) is 20.9 Å². The van der Waals surface area contributed by atoms with Crippen LogP contribution in [0.3, 0.4) is 0 Å². The minimum absolute atomic E-state index is 0.0553. The molecular formula is C20H18N4OS. The molecule has 0 spiro atoms. The Morgan fingerprint density at radius 2 is 1.96 bits per heavy atom. The largest absolute Gasteiger partial charge is 0.352 e. The number of amides is 1. The Balaban J connectivity index is 1.31. The maximum atomic E-state index is 12.3. The van der Waals surface area contributed by atoms with Crippen molar-refractivity contribution >= 4 is 27.5 Å². The molecule has 2 aromatic heterocycles. The van der Waals surface area contributed by atoms with E-state index in [-0.39, 0.29) is 5.91 Å². The first-order valence-corrected chi connectivity index (χ1v) is 9.27. The Morgan fingerprint density at radius 1 is 1.12 bits per heavy atom. The van der Waals surface area contributed by atoms with Gasteiger partial charge in [0.2, 0.25) is 0 Å². The summed E-state index contributed by atoms with van der Waals surface area (Å²) in [6.45, 7) is 1.33. The van der Waals surface area contributed by atoms with E-state index < -0.39 is 0 Å². The smallest absolute Gasteiger partial charge is 0.251 e. The molecule has 2 heterocycles. The van der Waals surface area contributed by atoms with Crippen LogP contribution in [0.5, 0.6) is 0 Å². The number of carbonyl (C=O) groups excluding carboxylic acids is 1. The number of benzene rings is 2. The van der Waals surface area contributed by atoms with Crippen LogP contribution in [-0.2, 0) is 13.0 Å². The molecular weight excluding hydrogens is 344 g/mol. The number of hydrogen-bond acceptors (Lipinski definition) is 4. The highest BCUT2D eigenvalue weighted by Gasteiger charge is 2.07. The lowest BCUT2D eigenvalue weighted by molar-refractivity contribution is 0.0954. The Morgan fingerprint density at radius 3 is 2.73 bits per heavy atom. The van der Waals surface area contributed by atoms with Crippen molar-refractivity contribution in [1.29, 1.82) is 0 Å². The van der Waals surface area contributed by atoms with Crippen LogP contribution in [0.4, 0.5) is 0 Å². The van der Waals surface area contributed by atoms with E-state index in [0.717, 1.165) is 29.1 Å². The van der Waals surface area contributed by atoms with E-state index in [0.29, 0.717) is 12.1 Å². The fraction of sp³-hybridized carbons (Fsp3) is 0.150. The van der Waals surface area contributed by atoms with Gasteiger partial charge in [0.05, 0.1) is 21.6 Å². The van der Waals surface area contributed by atoms with Crippen LogP contribution in [0, 0.1) is 0 Å². The molecule has 0 aliphatic rings. The second-order valence-corrected chi connectivity index (χ2v) is 7.13. The van der Waals surface area contributed by atoms with Crippen LogP contribution in [0.2, 0.25) is 0 Å². The summed E-state index contributed by atoms with van der Waals surface area (Å²) in [5.41, 5.74) is 2.82. The van der Waals surface area contributed by atoms with Gasteiger partial charge in [-0.3, -0.25) is 4.79 Å². The minimum Gasteiger partial charge on any atom is -0.352 e. The van der Waals surface area contributed by atoms with Gasteiger partial charge < -0.3 is 9.88 Å². The Labute approximate surface area is 155 Å². The lowest BCUT2D eigenvalue weighted by Gasteiger charge is -2.06. The zero-order valence-corrected chi connectivity index (χ0v) is 14.9. The van der Waals surface area contributed by atoms with Crippen molar-refractivity contribution in [2.24, 2.45) is 0 Å². The standard InChI is InChI=1S/C20H18N4OS/c25-20(16-7-5-15(6-8-16)13-24-12-11-21-14-24)22-10-9-19-23-17-3-1-2-4-18(17)26-19/h1-8,11-12,14H,9-10,13H2,(H,22,25). The monoisotopic (exact) mass is 362 g/mol. The van der Waals surface area contributed by atoms with E-state index in [1.165, 1.54) is 4.70 Å². The van der Waals surface area contributed by atoms with E-state index in [2.05, 4.69) is 21.4 Å². The highest BCUT2D eigenvalue weighted by atomic mass is 32.1. The molecule has 6 heteroatoms. The van der Waals surface area contributed by atoms with Crippen LogP contribution in [0.25, 0.3) is 10.2 Å². The number of carbonyl (C=O) groups is 1. The predicted octanol–water partition coefficient (Wildman–Crippen LogP) is 3.51. The third kappa shape index (κ3) is 3.81. The van der Waals surface area contributed by atoms with Crippen molar-refractivity contribution in [3.63, 3.8) is 0 Å². The third-order valence-electron chi connectivity index (χ3n) is 4.10. The molecule has 0 aliphatic carbocycles. The Kier molecular flexibility index (Phi) is 4.75. The third-order valence-corrected chi connectivity index (χ3v) is 5.20. The summed E-state index contributed by atoms with van der Waals surface area (Å²) in [6.07, 6.45) is 6.20. The molecule has 2 aromatic carbocycles. The van der Waals surface area contributed by atoms with Crippen molar-refractivity contribution in [3.8, 4) is 0 Å². The molecule has 130 valence electrons. The lowest BCUT2D eigenvalue weighted by atomic mass is 10.1. The SMILES string of the molecule is O=C(NCCc1nc2ccccc2s1)c1ccc(Cn2ccnc2)cc1. The summed E-state index contributed by atoms with van der Waals surface area (Å²) < 4.78 is 3.18. The van der Waals surface area contributed by atoms with E-state index in [9.17, 15) is 4.79 Å². The van der Waals surface area contributed by atoms with Crippen molar-refractivity contribution in [1.82, 2.24) is 19.9 Å². The maximum Gasteiger partial charge on any atom is 0.251 e. The van der Waals surface area contributed by atoms with Gasteiger partial charge in [0.25, 0.3) is 5.91 Å². The molecule has 4 rings (SSSR count). The highest BCUT2D eigenvalue weighted by molar-refractivity contribution is 7.18. The molecule has 1 amide bonds. The zero-order valence-electron chi connectivity index (χ0n) is 14.1. The van der Waals surface area contributed by atoms with E-state index in [1.54, 1.807) is 23.9 Å². The average Bonchev–Trinajstić information content (AvgIpc) is 3.31. The summed E-state index contributed by atoms with van der Waals surface area (Å²) >= 11 is 1.68. The van der Waals surface area contributed by atoms with Gasteiger partial charge in [-0.2, -0.15) is 0 Å². The molecule has 0 atom stereocenters. The number of rotatable bonds is 6. The van der Waals surface area contributed by atoms with E-state index in [1.807, 2.05) is 53.2 Å². The fourth-order valence-electron chi connectivity index (χ4n) is 2.76. The number of para-hydroxylation sites is 1. The summed E-state index contributed by atoms with van der Waals surface area (Å²) in [5, 5.41) is 4.01. The maximum absolute atomic E-state index is 12.3. The molecule has 0 unspecified atom stereocenters. The normalized spacial score (nSPS) is 10.9. The van der Waals surface area contributed by atoms with Gasteiger partial charge in [0, 0.05) is 37.5 Å². The van der Waals surface area contributed by atoms with E-state index in [4.69, 9.17) is 0 Å². The molecule has 5 nitrogen and oxygen atoms in total. The van der Waals surface area contributed by atoms with Crippen LogP contribution >= 0.6 is 11.3 Å². The van der Waals surface area contributed by atoms with Gasteiger partial charge in [-0.05, 0) is 29.8 Å². The summed E-state index contributed by atoms with van der Waals surface area (Å²) in [7, 11) is 0. The van der Waals surface area contributed by atoms with E-state index >= 15 is 0 Å². The number of hydrogen-bond donors (Lipinski definition) is 1. The number of fused-ring (bicyclic) bond motifs is 1. The van der Waals surface area contributed by atoms with Crippen LogP contribution in [-0.4, -0.2) is 27.0 Å². The number of nitrogens with one attached hydrogen (secondary N) is 1. The van der Waals surface area contributed by atoms with Gasteiger partial charge >= 0.3 is 0 Å². The van der Waals surface area contributed by atoms with Crippen LogP contribution in [0.15, 0.2) is 67.3 Å². The molecule has 0 aliphatic heterocycles. The van der Waals surface area contributed by atoms with Gasteiger partial charge in [-0.15, -0.1) is 11.3 Å². The Bertz CT molecular complexity index is 973. The van der Waals surface area contributed by atoms with Gasteiger partial charge in [-0.1, -0.05) is 24.3 Å². The lowest BCUT2D eigenvalue weighted by Crippen LogP contribution is -2.25. The number of imidazole rings is 1. The predicted molar refractivity (Wildman–Crippen MR) is 103 cm³/mol. The molecule has 26 heavy (non-hydrogen) atoms. The topological polar surface area (TPSA) is 59.8 Å². The minimum atomic E-state index is -0.0553. The molecule has 0 fully saturated rings. The second kappa shape index (κ2) is 7.49. The summed E-state index contributed by atoms with van der Waals surface area (Å²) in [6, 6.07) is 15.8. The Hall–Kier alpha value is -2.99. The highest BCUT2D eigenvalue weighted by Crippen LogP contribution is 2.21. The van der Waals surface area contributed by atoms with Gasteiger partial charge in [0.15, 0.2) is 0 Å². The summed E-state index contributed by atoms with van der Waals surface area (Å²) in [4.78, 5) is 20.9. The number of thiazole rings is 1.